The molecule has 1 saturated heterocycles. The fourth-order valence-electron chi connectivity index (χ4n) is 4.35. The van der Waals surface area contributed by atoms with Crippen molar-refractivity contribution in [3.63, 3.8) is 0 Å². The van der Waals surface area contributed by atoms with Crippen LogP contribution < -0.4 is 0 Å². The van der Waals surface area contributed by atoms with Crippen LogP contribution in [0.25, 0.3) is 10.9 Å². The fourth-order valence-corrected chi connectivity index (χ4v) is 4.76. The van der Waals surface area contributed by atoms with Crippen molar-refractivity contribution in [2.75, 3.05) is 6.61 Å². The molecule has 2 unspecified atom stereocenters. The van der Waals surface area contributed by atoms with E-state index < -0.39 is 0 Å². The van der Waals surface area contributed by atoms with E-state index in [1.165, 1.54) is 0 Å². The summed E-state index contributed by atoms with van der Waals surface area (Å²) in [6, 6.07) is 17.2. The predicted octanol–water partition coefficient (Wildman–Crippen LogP) is 2.76. The lowest BCUT2D eigenvalue weighted by molar-refractivity contribution is -0.129. The van der Waals surface area contributed by atoms with Gasteiger partial charge in [-0.1, -0.05) is 48.5 Å². The maximum Gasteiger partial charge on any atom is 0.252 e. The Morgan fingerprint density at radius 2 is 1.85 bits per heavy atom. The lowest BCUT2D eigenvalue weighted by Crippen LogP contribution is -2.44. The van der Waals surface area contributed by atoms with Crippen molar-refractivity contribution < 1.29 is 9.90 Å². The van der Waals surface area contributed by atoms with Gasteiger partial charge in [0.2, 0.25) is 0 Å². The number of aliphatic hydroxyl groups is 1. The van der Waals surface area contributed by atoms with Crippen LogP contribution in [-0.2, 0) is 17.8 Å². The first kappa shape index (κ1) is 16.5. The lowest BCUT2D eigenvalue weighted by Gasteiger charge is -2.36. The van der Waals surface area contributed by atoms with Gasteiger partial charge in [-0.2, -0.15) is 0 Å². The molecule has 136 valence electrons. The van der Waals surface area contributed by atoms with Crippen LogP contribution in [0.4, 0.5) is 0 Å². The van der Waals surface area contributed by atoms with Crippen LogP contribution in [0.3, 0.4) is 0 Å². The Morgan fingerprint density at radius 1 is 1.11 bits per heavy atom. The maximum atomic E-state index is 13.2. The molecular weight excluding hydrogens is 358 g/mol. The number of carbonyl (C=O) groups excluding carboxylic acids is 1. The molecule has 5 rings (SSSR count). The summed E-state index contributed by atoms with van der Waals surface area (Å²) in [6.45, 7) is 0.362. The van der Waals surface area contributed by atoms with Crippen LogP contribution in [0, 0.1) is 0 Å². The number of carbonyl (C=O) groups is 1. The van der Waals surface area contributed by atoms with Gasteiger partial charge in [0, 0.05) is 23.0 Å². The van der Waals surface area contributed by atoms with E-state index in [1.54, 1.807) is 4.90 Å². The highest BCUT2D eigenvalue weighted by Gasteiger charge is 2.49. The Morgan fingerprint density at radius 3 is 2.63 bits per heavy atom. The number of aliphatic hydroxyl groups excluding tert-OH is 1. The summed E-state index contributed by atoms with van der Waals surface area (Å²) in [5.41, 5.74) is 4.15. The molecule has 0 spiro atoms. The summed E-state index contributed by atoms with van der Waals surface area (Å²) in [5.74, 6) is 0.0123. The number of hydrogen-bond donors (Lipinski definition) is 2. The highest BCUT2D eigenvalue weighted by atomic mass is 32.1. The third kappa shape index (κ3) is 2.40. The Bertz CT molecular complexity index is 1050. The van der Waals surface area contributed by atoms with Gasteiger partial charge in [0.1, 0.15) is 6.04 Å². The summed E-state index contributed by atoms with van der Waals surface area (Å²) in [5, 5.41) is 11.8. The van der Waals surface area contributed by atoms with E-state index in [9.17, 15) is 9.90 Å². The summed E-state index contributed by atoms with van der Waals surface area (Å²) in [4.78, 5) is 20.2. The fraction of sp³-hybridized carbons (Fsp3) is 0.238. The van der Waals surface area contributed by atoms with Crippen LogP contribution in [0.15, 0.2) is 54.6 Å². The highest BCUT2D eigenvalue weighted by molar-refractivity contribution is 7.80. The number of nitrogens with zero attached hydrogens (tertiary/aromatic N) is 2. The molecule has 3 heterocycles. The zero-order chi connectivity index (χ0) is 18.5. The Hall–Kier alpha value is -2.70. The minimum absolute atomic E-state index is 0.0123. The molecule has 1 aromatic heterocycles. The van der Waals surface area contributed by atoms with Crippen molar-refractivity contribution >= 4 is 34.1 Å². The number of thiocarbonyl (C=S) groups is 1. The summed E-state index contributed by atoms with van der Waals surface area (Å²) in [7, 11) is 0. The van der Waals surface area contributed by atoms with Crippen LogP contribution in [0.2, 0.25) is 0 Å². The van der Waals surface area contributed by atoms with Gasteiger partial charge in [0.25, 0.3) is 5.91 Å². The first-order chi connectivity index (χ1) is 13.2. The first-order valence-corrected chi connectivity index (χ1v) is 9.48. The molecule has 2 aromatic carbocycles. The molecule has 0 aliphatic carbocycles. The van der Waals surface area contributed by atoms with Gasteiger partial charge < -0.3 is 15.0 Å². The summed E-state index contributed by atoms with van der Waals surface area (Å²) in [6.07, 6.45) is 0.597. The third-order valence-electron chi connectivity index (χ3n) is 5.61. The van der Waals surface area contributed by atoms with E-state index in [0.29, 0.717) is 18.1 Å². The number of hydrogen-bond acceptors (Lipinski definition) is 3. The normalized spacial score (nSPS) is 21.7. The third-order valence-corrected chi connectivity index (χ3v) is 6.04. The van der Waals surface area contributed by atoms with E-state index in [4.69, 9.17) is 12.2 Å². The number of amides is 1. The second-order valence-corrected chi connectivity index (χ2v) is 7.45. The van der Waals surface area contributed by atoms with Gasteiger partial charge in [-0.15, -0.1) is 0 Å². The predicted molar refractivity (Wildman–Crippen MR) is 107 cm³/mol. The zero-order valence-electron chi connectivity index (χ0n) is 14.6. The van der Waals surface area contributed by atoms with Gasteiger partial charge in [0.05, 0.1) is 19.2 Å². The number of aromatic amines is 1. The minimum atomic E-state index is -0.356. The summed E-state index contributed by atoms with van der Waals surface area (Å²) >= 11 is 5.67. The topological polar surface area (TPSA) is 59.6 Å². The van der Waals surface area contributed by atoms with Crippen molar-refractivity contribution in [2.45, 2.75) is 25.0 Å². The first-order valence-electron chi connectivity index (χ1n) is 9.07. The molecule has 2 atom stereocenters. The zero-order valence-corrected chi connectivity index (χ0v) is 15.4. The number of fused-ring (bicyclic) bond motifs is 4. The van der Waals surface area contributed by atoms with Crippen LogP contribution in [0.5, 0.6) is 0 Å². The van der Waals surface area contributed by atoms with E-state index in [0.717, 1.165) is 27.7 Å². The molecule has 3 aromatic rings. The molecule has 2 N–H and O–H groups in total. The summed E-state index contributed by atoms with van der Waals surface area (Å²) < 4.78 is 0. The largest absolute Gasteiger partial charge is 0.394 e. The van der Waals surface area contributed by atoms with Gasteiger partial charge in [-0.3, -0.25) is 9.69 Å². The standard InChI is InChI=1S/C21H19N3O2S/c25-12-18-19-15(14-8-4-5-9-16(14)22-19)10-17-20(26)23(21(27)24(17)18)11-13-6-2-1-3-7-13/h1-9,17-18,22,25H,10-12H2. The second kappa shape index (κ2) is 6.18. The average molecular weight is 377 g/mol. The molecule has 0 saturated carbocycles. The monoisotopic (exact) mass is 377 g/mol. The minimum Gasteiger partial charge on any atom is -0.394 e. The molecule has 1 amide bonds. The molecular formula is C21H19N3O2S. The molecule has 2 aliphatic rings. The van der Waals surface area contributed by atoms with Gasteiger partial charge in [-0.25, -0.2) is 0 Å². The Balaban J connectivity index is 1.55. The van der Waals surface area contributed by atoms with Crippen molar-refractivity contribution in [3.8, 4) is 0 Å². The number of nitrogens with one attached hydrogen (secondary N) is 1. The molecule has 5 nitrogen and oxygen atoms in total. The number of aromatic nitrogens is 1. The van der Waals surface area contributed by atoms with E-state index in [1.807, 2.05) is 53.4 Å². The lowest BCUT2D eigenvalue weighted by atomic mass is 9.93. The van der Waals surface area contributed by atoms with Gasteiger partial charge >= 0.3 is 0 Å². The molecule has 0 radical (unpaired) electrons. The number of benzene rings is 2. The molecule has 27 heavy (non-hydrogen) atoms. The Kier molecular flexibility index (Phi) is 3.77. The molecule has 6 heteroatoms. The molecule has 2 aliphatic heterocycles. The van der Waals surface area contributed by atoms with Crippen molar-refractivity contribution in [2.24, 2.45) is 0 Å². The highest BCUT2D eigenvalue weighted by Crippen LogP contribution is 2.41. The van der Waals surface area contributed by atoms with Crippen molar-refractivity contribution in [3.05, 3.63) is 71.4 Å². The number of H-pyrrole nitrogens is 1. The van der Waals surface area contributed by atoms with E-state index in [-0.39, 0.29) is 24.6 Å². The van der Waals surface area contributed by atoms with Gasteiger partial charge in [-0.05, 0) is 29.4 Å². The van der Waals surface area contributed by atoms with E-state index >= 15 is 0 Å². The van der Waals surface area contributed by atoms with E-state index in [2.05, 4.69) is 11.1 Å². The van der Waals surface area contributed by atoms with Crippen LogP contribution in [0.1, 0.15) is 22.9 Å². The molecule has 1 fully saturated rings. The van der Waals surface area contributed by atoms with Gasteiger partial charge in [0.15, 0.2) is 5.11 Å². The molecule has 0 bridgehead atoms. The van der Waals surface area contributed by atoms with Crippen LogP contribution >= 0.6 is 12.2 Å². The Labute approximate surface area is 162 Å². The SMILES string of the molecule is O=C1C2Cc3c([nH]c4ccccc34)C(CO)N2C(=S)N1Cc1ccccc1. The van der Waals surface area contributed by atoms with Crippen molar-refractivity contribution in [1.82, 2.24) is 14.8 Å². The second-order valence-electron chi connectivity index (χ2n) is 7.08. The number of rotatable bonds is 3. The van der Waals surface area contributed by atoms with Crippen LogP contribution in [-0.4, -0.2) is 43.6 Å². The number of para-hydroxylation sites is 1. The smallest absolute Gasteiger partial charge is 0.252 e. The quantitative estimate of drug-likeness (QED) is 0.689. The maximum absolute atomic E-state index is 13.2. The average Bonchev–Trinajstić information content (AvgIpc) is 3.18. The van der Waals surface area contributed by atoms with Crippen molar-refractivity contribution in [1.29, 1.82) is 0 Å².